The van der Waals surface area contributed by atoms with Crippen molar-refractivity contribution in [2.24, 2.45) is 0 Å². The minimum absolute atomic E-state index is 0.715. The van der Waals surface area contributed by atoms with Gasteiger partial charge in [-0.15, -0.1) is 0 Å². The van der Waals surface area contributed by atoms with Gasteiger partial charge in [-0.2, -0.15) is 0 Å². The Kier molecular flexibility index (Phi) is 3.51. The molecule has 106 valence electrons. The van der Waals surface area contributed by atoms with Crippen molar-refractivity contribution in [2.75, 3.05) is 0 Å². The van der Waals surface area contributed by atoms with Crippen LogP contribution in [-0.2, 0) is 0 Å². The van der Waals surface area contributed by atoms with E-state index in [-0.39, 0.29) is 0 Å². The van der Waals surface area contributed by atoms with E-state index in [0.717, 1.165) is 22.2 Å². The van der Waals surface area contributed by atoms with E-state index in [1.54, 1.807) is 0 Å². The fourth-order valence-electron chi connectivity index (χ4n) is 2.32. The van der Waals surface area contributed by atoms with Crippen LogP contribution >= 0.6 is 0 Å². The Morgan fingerprint density at radius 1 is 0.762 bits per heavy atom. The van der Waals surface area contributed by atoms with Gasteiger partial charge in [0.25, 0.3) is 0 Å². The van der Waals surface area contributed by atoms with Gasteiger partial charge in [-0.3, -0.25) is 0 Å². The van der Waals surface area contributed by atoms with Gasteiger partial charge in [0.05, 0.1) is 0 Å². The van der Waals surface area contributed by atoms with E-state index >= 15 is 0 Å². The molecular formula is C18H19NOSi. The van der Waals surface area contributed by atoms with Crippen LogP contribution in [0.4, 0.5) is 0 Å². The second-order valence-electron chi connectivity index (χ2n) is 6.18. The summed E-state index contributed by atoms with van der Waals surface area (Å²) in [7, 11) is -1.60. The lowest BCUT2D eigenvalue weighted by Gasteiger charge is -2.13. The predicted molar refractivity (Wildman–Crippen MR) is 90.4 cm³/mol. The summed E-state index contributed by atoms with van der Waals surface area (Å²) in [6.45, 7) is 6.86. The minimum atomic E-state index is -1.60. The summed E-state index contributed by atoms with van der Waals surface area (Å²) in [5.41, 5.74) is 3.15. The molecule has 0 atom stereocenters. The number of nitrogens with zero attached hydrogens (tertiary/aromatic N) is 1. The molecule has 0 bridgehead atoms. The first-order valence-electron chi connectivity index (χ1n) is 7.18. The van der Waals surface area contributed by atoms with Gasteiger partial charge in [-0.25, -0.2) is 4.98 Å². The van der Waals surface area contributed by atoms with Gasteiger partial charge in [0.1, 0.15) is 19.2 Å². The molecule has 0 saturated carbocycles. The lowest BCUT2D eigenvalue weighted by atomic mass is 10.2. The number of benzene rings is 2. The predicted octanol–water partition coefficient (Wildman–Crippen LogP) is 4.55. The van der Waals surface area contributed by atoms with E-state index in [2.05, 4.69) is 31.8 Å². The van der Waals surface area contributed by atoms with Gasteiger partial charge in [0, 0.05) is 11.1 Å². The highest BCUT2D eigenvalue weighted by Gasteiger charge is 2.28. The van der Waals surface area contributed by atoms with Gasteiger partial charge in [0.15, 0.2) is 0 Å². The molecule has 0 fully saturated rings. The normalized spacial score (nSPS) is 11.6. The molecule has 0 spiro atoms. The molecule has 3 aromatic rings. The van der Waals surface area contributed by atoms with Crippen LogP contribution in [-0.4, -0.2) is 13.1 Å². The Morgan fingerprint density at radius 3 is 1.81 bits per heavy atom. The zero-order valence-corrected chi connectivity index (χ0v) is 13.6. The second kappa shape index (κ2) is 5.33. The van der Waals surface area contributed by atoms with Crippen LogP contribution in [0.5, 0.6) is 0 Å². The summed E-state index contributed by atoms with van der Waals surface area (Å²) in [6.07, 6.45) is 0. The first kappa shape index (κ1) is 13.8. The summed E-state index contributed by atoms with van der Waals surface area (Å²) in [5, 5.41) is 1.06. The molecule has 0 aliphatic carbocycles. The number of oxazole rings is 1. The van der Waals surface area contributed by atoms with E-state index in [1.165, 1.54) is 0 Å². The fraction of sp³-hybridized carbons (Fsp3) is 0.167. The maximum absolute atomic E-state index is 6.17. The van der Waals surface area contributed by atoms with Crippen LogP contribution in [0, 0.1) is 0 Å². The van der Waals surface area contributed by atoms with Crippen molar-refractivity contribution in [2.45, 2.75) is 19.6 Å². The number of aromatic nitrogens is 1. The SMILES string of the molecule is C[Si](C)(C)c1oc(-c2ccccc2)nc1-c1ccccc1. The third-order valence-corrected chi connectivity index (χ3v) is 5.08. The summed E-state index contributed by atoms with van der Waals surface area (Å²) < 4.78 is 6.17. The van der Waals surface area contributed by atoms with Crippen molar-refractivity contribution in [3.05, 3.63) is 60.7 Å². The van der Waals surface area contributed by atoms with E-state index in [9.17, 15) is 0 Å². The van der Waals surface area contributed by atoms with Crippen molar-refractivity contribution in [3.63, 3.8) is 0 Å². The molecule has 0 saturated heterocycles. The molecule has 3 rings (SSSR count). The average Bonchev–Trinajstić information content (AvgIpc) is 2.94. The first-order chi connectivity index (χ1) is 10.1. The van der Waals surface area contributed by atoms with Crippen LogP contribution in [0.25, 0.3) is 22.7 Å². The van der Waals surface area contributed by atoms with Gasteiger partial charge in [-0.05, 0) is 12.1 Å². The van der Waals surface area contributed by atoms with E-state index in [1.807, 2.05) is 48.5 Å². The van der Waals surface area contributed by atoms with Crippen LogP contribution in [0.15, 0.2) is 65.1 Å². The third kappa shape index (κ3) is 2.83. The summed E-state index contributed by atoms with van der Waals surface area (Å²) in [5.74, 6) is 0.715. The van der Waals surface area contributed by atoms with Crippen molar-refractivity contribution in [3.8, 4) is 22.7 Å². The third-order valence-electron chi connectivity index (χ3n) is 3.38. The van der Waals surface area contributed by atoms with Crippen molar-refractivity contribution < 1.29 is 4.42 Å². The summed E-state index contributed by atoms with van der Waals surface area (Å²) in [6, 6.07) is 20.4. The number of hydrogen-bond donors (Lipinski definition) is 0. The number of hydrogen-bond acceptors (Lipinski definition) is 2. The molecule has 0 amide bonds. The van der Waals surface area contributed by atoms with Crippen LogP contribution in [0.3, 0.4) is 0 Å². The highest BCUT2D eigenvalue weighted by molar-refractivity contribution is 6.88. The zero-order chi connectivity index (χ0) is 14.9. The molecule has 0 aliphatic rings. The van der Waals surface area contributed by atoms with Crippen LogP contribution in [0.1, 0.15) is 0 Å². The largest absolute Gasteiger partial charge is 0.446 e. The lowest BCUT2D eigenvalue weighted by molar-refractivity contribution is 0.603. The second-order valence-corrected chi connectivity index (χ2v) is 11.1. The average molecular weight is 293 g/mol. The highest BCUT2D eigenvalue weighted by Crippen LogP contribution is 2.25. The maximum atomic E-state index is 6.17. The Labute approximate surface area is 126 Å². The smallest absolute Gasteiger partial charge is 0.226 e. The molecule has 0 radical (unpaired) electrons. The zero-order valence-electron chi connectivity index (χ0n) is 12.6. The van der Waals surface area contributed by atoms with Gasteiger partial charge >= 0.3 is 0 Å². The van der Waals surface area contributed by atoms with Gasteiger partial charge in [0.2, 0.25) is 5.89 Å². The molecule has 2 nitrogen and oxygen atoms in total. The molecule has 0 N–H and O–H groups in total. The molecule has 21 heavy (non-hydrogen) atoms. The Hall–Kier alpha value is -2.13. The Morgan fingerprint density at radius 2 is 1.29 bits per heavy atom. The Bertz CT molecular complexity index is 727. The number of rotatable bonds is 3. The standard InChI is InChI=1S/C18H19NOSi/c1-21(2,3)18-16(14-10-6-4-7-11-14)19-17(20-18)15-12-8-5-9-13-15/h4-13H,1-3H3. The monoisotopic (exact) mass is 293 g/mol. The highest BCUT2D eigenvalue weighted by atomic mass is 28.3. The van der Waals surface area contributed by atoms with Crippen molar-refractivity contribution in [1.29, 1.82) is 0 Å². The van der Waals surface area contributed by atoms with Crippen molar-refractivity contribution in [1.82, 2.24) is 4.98 Å². The maximum Gasteiger partial charge on any atom is 0.226 e. The molecular weight excluding hydrogens is 274 g/mol. The first-order valence-corrected chi connectivity index (χ1v) is 10.7. The molecule has 0 aliphatic heterocycles. The molecule has 3 heteroatoms. The summed E-state index contributed by atoms with van der Waals surface area (Å²) in [4.78, 5) is 4.79. The van der Waals surface area contributed by atoms with Gasteiger partial charge in [-0.1, -0.05) is 68.2 Å². The lowest BCUT2D eigenvalue weighted by Crippen LogP contribution is -2.37. The Balaban J connectivity index is 2.17. The van der Waals surface area contributed by atoms with Crippen LogP contribution < -0.4 is 5.38 Å². The molecule has 1 aromatic heterocycles. The summed E-state index contributed by atoms with van der Waals surface area (Å²) >= 11 is 0. The van der Waals surface area contributed by atoms with E-state index in [0.29, 0.717) is 5.89 Å². The van der Waals surface area contributed by atoms with E-state index < -0.39 is 8.07 Å². The fourth-order valence-corrected chi connectivity index (χ4v) is 3.64. The quantitative estimate of drug-likeness (QED) is 0.662. The van der Waals surface area contributed by atoms with Crippen LogP contribution in [0.2, 0.25) is 19.6 Å². The molecule has 1 heterocycles. The topological polar surface area (TPSA) is 26.0 Å². The van der Waals surface area contributed by atoms with E-state index in [4.69, 9.17) is 9.40 Å². The minimum Gasteiger partial charge on any atom is -0.446 e. The van der Waals surface area contributed by atoms with Gasteiger partial charge < -0.3 is 4.42 Å². The molecule has 0 unspecified atom stereocenters. The molecule has 2 aromatic carbocycles. The van der Waals surface area contributed by atoms with Crippen molar-refractivity contribution >= 4 is 13.5 Å².